The van der Waals surface area contributed by atoms with Crippen LogP contribution in [0.15, 0.2) is 60.7 Å². The maximum absolute atomic E-state index is 13.2. The lowest BCUT2D eigenvalue weighted by molar-refractivity contribution is 0.0989. The summed E-state index contributed by atoms with van der Waals surface area (Å²) in [6.07, 6.45) is 0. The second-order valence-electron chi connectivity index (χ2n) is 5.95. The Morgan fingerprint density at radius 2 is 1.88 bits per heavy atom. The van der Waals surface area contributed by atoms with Gasteiger partial charge >= 0.3 is 0 Å². The molecule has 0 saturated carbocycles. The highest BCUT2D eigenvalue weighted by Crippen LogP contribution is 2.32. The van der Waals surface area contributed by atoms with Gasteiger partial charge in [0.25, 0.3) is 5.91 Å². The molecule has 0 fully saturated rings. The molecule has 0 aliphatic carbocycles. The average molecular weight is 399 g/mol. The molecular formula is C20H15ClN2OS2. The first-order valence-electron chi connectivity index (χ1n) is 8.08. The lowest BCUT2D eigenvalue weighted by Crippen LogP contribution is -2.29. The molecule has 1 amide bonds. The van der Waals surface area contributed by atoms with E-state index < -0.39 is 0 Å². The third-order valence-electron chi connectivity index (χ3n) is 3.98. The van der Waals surface area contributed by atoms with E-state index in [0.29, 0.717) is 20.9 Å². The van der Waals surface area contributed by atoms with Gasteiger partial charge in [0.15, 0.2) is 5.13 Å². The Morgan fingerprint density at radius 1 is 1.08 bits per heavy atom. The number of carbonyl (C=O) groups excluding carboxylic acids is 1. The lowest BCUT2D eigenvalue weighted by Gasteiger charge is -2.19. The second kappa shape index (κ2) is 7.19. The Hall–Kier alpha value is -2.21. The molecule has 26 heavy (non-hydrogen) atoms. The van der Waals surface area contributed by atoms with Crippen LogP contribution in [0.25, 0.3) is 10.2 Å². The molecule has 0 radical (unpaired) electrons. The summed E-state index contributed by atoms with van der Waals surface area (Å²) >= 11 is 8.86. The zero-order valence-corrected chi connectivity index (χ0v) is 16.4. The molecule has 2 aromatic heterocycles. The van der Waals surface area contributed by atoms with Crippen molar-refractivity contribution in [3.8, 4) is 0 Å². The predicted molar refractivity (Wildman–Crippen MR) is 111 cm³/mol. The summed E-state index contributed by atoms with van der Waals surface area (Å²) in [5.41, 5.74) is 3.14. The highest BCUT2D eigenvalue weighted by Gasteiger charge is 2.23. The Kier molecular flexibility index (Phi) is 4.76. The van der Waals surface area contributed by atoms with Crippen molar-refractivity contribution < 1.29 is 4.79 Å². The molecule has 0 aliphatic heterocycles. The van der Waals surface area contributed by atoms with Crippen molar-refractivity contribution in [3.63, 3.8) is 0 Å². The molecule has 0 saturated heterocycles. The number of carbonyl (C=O) groups is 1. The Balaban J connectivity index is 1.76. The maximum Gasteiger partial charge on any atom is 0.270 e. The van der Waals surface area contributed by atoms with Crippen molar-refractivity contribution in [1.82, 2.24) is 4.98 Å². The normalized spacial score (nSPS) is 11.0. The molecule has 4 rings (SSSR count). The molecule has 0 bridgehead atoms. The first-order chi connectivity index (χ1) is 12.6. The number of amides is 1. The first-order valence-corrected chi connectivity index (χ1v) is 10.1. The summed E-state index contributed by atoms with van der Waals surface area (Å²) in [5.74, 6) is -0.0819. The minimum Gasteiger partial charge on any atom is -0.279 e. The molecule has 4 aromatic rings. The van der Waals surface area contributed by atoms with Gasteiger partial charge in [-0.3, -0.25) is 9.69 Å². The SMILES string of the molecule is Cc1ccc2nc(N(Cc3ccccc3)C(=O)c3ccc(Cl)s3)sc2c1. The van der Waals surface area contributed by atoms with Gasteiger partial charge in [-0.2, -0.15) is 0 Å². The number of hydrogen-bond acceptors (Lipinski definition) is 4. The number of aryl methyl sites for hydroxylation is 1. The van der Waals surface area contributed by atoms with Crippen LogP contribution < -0.4 is 4.90 Å². The fourth-order valence-corrected chi connectivity index (χ4v) is 4.74. The summed E-state index contributed by atoms with van der Waals surface area (Å²) in [4.78, 5) is 20.2. The zero-order valence-electron chi connectivity index (χ0n) is 14.0. The van der Waals surface area contributed by atoms with Gasteiger partial charge in [-0.05, 0) is 42.3 Å². The average Bonchev–Trinajstić information content (AvgIpc) is 3.25. The van der Waals surface area contributed by atoms with E-state index >= 15 is 0 Å². The third-order valence-corrected chi connectivity index (χ3v) is 6.24. The van der Waals surface area contributed by atoms with Crippen LogP contribution in [0.1, 0.15) is 20.8 Å². The van der Waals surface area contributed by atoms with Crippen LogP contribution in [-0.4, -0.2) is 10.9 Å². The fourth-order valence-electron chi connectivity index (χ4n) is 2.69. The largest absolute Gasteiger partial charge is 0.279 e. The zero-order chi connectivity index (χ0) is 18.1. The second-order valence-corrected chi connectivity index (χ2v) is 8.67. The van der Waals surface area contributed by atoms with Crippen molar-refractivity contribution in [2.24, 2.45) is 0 Å². The standard InChI is InChI=1S/C20H15ClN2OS2/c1-13-7-8-15-17(11-13)26-20(22-15)23(12-14-5-3-2-4-6-14)19(24)16-9-10-18(21)25-16/h2-11H,12H2,1H3. The van der Waals surface area contributed by atoms with Crippen LogP contribution in [0, 0.1) is 6.92 Å². The summed E-state index contributed by atoms with van der Waals surface area (Å²) in [7, 11) is 0. The van der Waals surface area contributed by atoms with Crippen LogP contribution in [-0.2, 0) is 6.54 Å². The summed E-state index contributed by atoms with van der Waals surface area (Å²) in [6, 6.07) is 19.6. The molecule has 3 nitrogen and oxygen atoms in total. The lowest BCUT2D eigenvalue weighted by atomic mass is 10.2. The number of aromatic nitrogens is 1. The summed E-state index contributed by atoms with van der Waals surface area (Å²) in [5, 5.41) is 0.698. The topological polar surface area (TPSA) is 33.2 Å². The van der Waals surface area contributed by atoms with Gasteiger partial charge in [0, 0.05) is 0 Å². The van der Waals surface area contributed by atoms with Crippen molar-refractivity contribution in [2.75, 3.05) is 4.90 Å². The number of thiazole rings is 1. The molecule has 0 atom stereocenters. The smallest absolute Gasteiger partial charge is 0.270 e. The first kappa shape index (κ1) is 17.2. The fraction of sp³-hybridized carbons (Fsp3) is 0.100. The monoisotopic (exact) mass is 398 g/mol. The number of thiophene rings is 1. The molecule has 0 spiro atoms. The number of benzene rings is 2. The van der Waals surface area contributed by atoms with E-state index in [2.05, 4.69) is 13.0 Å². The van der Waals surface area contributed by atoms with Crippen molar-refractivity contribution >= 4 is 55.5 Å². The molecule has 0 N–H and O–H groups in total. The number of halogens is 1. The highest BCUT2D eigenvalue weighted by atomic mass is 35.5. The Labute approximate surface area is 164 Å². The van der Waals surface area contributed by atoms with Gasteiger partial charge in [0.1, 0.15) is 0 Å². The summed E-state index contributed by atoms with van der Waals surface area (Å²) < 4.78 is 1.68. The number of nitrogens with zero attached hydrogens (tertiary/aromatic N) is 2. The molecule has 0 unspecified atom stereocenters. The maximum atomic E-state index is 13.2. The van der Waals surface area contributed by atoms with Gasteiger partial charge < -0.3 is 0 Å². The molecule has 130 valence electrons. The van der Waals surface area contributed by atoms with E-state index in [0.717, 1.165) is 15.8 Å². The van der Waals surface area contributed by atoms with E-state index in [9.17, 15) is 4.79 Å². The van der Waals surface area contributed by atoms with E-state index in [-0.39, 0.29) is 5.91 Å². The molecule has 0 aliphatic rings. The quantitative estimate of drug-likeness (QED) is 0.412. The predicted octanol–water partition coefficient (Wildman–Crippen LogP) is 6.17. The van der Waals surface area contributed by atoms with E-state index in [1.54, 1.807) is 17.0 Å². The minimum absolute atomic E-state index is 0.0819. The van der Waals surface area contributed by atoms with Gasteiger partial charge in [-0.15, -0.1) is 11.3 Å². The van der Waals surface area contributed by atoms with Gasteiger partial charge in [-0.1, -0.05) is 59.3 Å². The third kappa shape index (κ3) is 3.51. The Bertz CT molecular complexity index is 1070. The van der Waals surface area contributed by atoms with Gasteiger partial charge in [0.05, 0.1) is 26.0 Å². The van der Waals surface area contributed by atoms with Crippen LogP contribution in [0.4, 0.5) is 5.13 Å². The number of fused-ring (bicyclic) bond motifs is 1. The van der Waals surface area contributed by atoms with E-state index in [1.807, 2.05) is 42.5 Å². The van der Waals surface area contributed by atoms with Gasteiger partial charge in [0.2, 0.25) is 0 Å². The van der Waals surface area contributed by atoms with Gasteiger partial charge in [-0.25, -0.2) is 4.98 Å². The minimum atomic E-state index is -0.0819. The Morgan fingerprint density at radius 3 is 2.62 bits per heavy atom. The van der Waals surface area contributed by atoms with Crippen LogP contribution in [0.5, 0.6) is 0 Å². The molecule has 6 heteroatoms. The van der Waals surface area contributed by atoms with E-state index in [4.69, 9.17) is 16.6 Å². The number of rotatable bonds is 4. The molecule has 2 aromatic carbocycles. The molecule has 2 heterocycles. The number of anilines is 1. The summed E-state index contributed by atoms with van der Waals surface area (Å²) in [6.45, 7) is 2.52. The van der Waals surface area contributed by atoms with Crippen LogP contribution >= 0.6 is 34.3 Å². The van der Waals surface area contributed by atoms with E-state index in [1.165, 1.54) is 28.2 Å². The van der Waals surface area contributed by atoms with Crippen molar-refractivity contribution in [1.29, 1.82) is 0 Å². The number of hydrogen-bond donors (Lipinski definition) is 0. The molecular weight excluding hydrogens is 384 g/mol. The van der Waals surface area contributed by atoms with Crippen LogP contribution in [0.3, 0.4) is 0 Å². The van der Waals surface area contributed by atoms with Crippen LogP contribution in [0.2, 0.25) is 4.34 Å². The van der Waals surface area contributed by atoms with Crippen molar-refractivity contribution in [2.45, 2.75) is 13.5 Å². The van der Waals surface area contributed by atoms with Crippen molar-refractivity contribution in [3.05, 3.63) is 81.0 Å². The highest BCUT2D eigenvalue weighted by molar-refractivity contribution is 7.22.